The van der Waals surface area contributed by atoms with E-state index in [2.05, 4.69) is 11.6 Å². The number of fused-ring (bicyclic) bond motifs is 4. The first-order chi connectivity index (χ1) is 17.4. The van der Waals surface area contributed by atoms with Gasteiger partial charge in [-0.25, -0.2) is 0 Å². The van der Waals surface area contributed by atoms with E-state index in [0.717, 1.165) is 23.9 Å². The first kappa shape index (κ1) is 28.4. The number of alkyl halides is 6. The molecule has 3 aliphatic heterocycles. The minimum atomic E-state index is -4.91. The Balaban J connectivity index is 0.00000336. The average molecular weight is 558 g/mol. The number of quaternary nitrogens is 1. The van der Waals surface area contributed by atoms with Crippen LogP contribution in [0.3, 0.4) is 0 Å². The second-order valence-electron chi connectivity index (χ2n) is 10.3. The maximum absolute atomic E-state index is 13.6. The molecule has 5 atom stereocenters. The molecule has 3 nitrogen and oxygen atoms in total. The Bertz CT molecular complexity index is 1290. The van der Waals surface area contributed by atoms with Gasteiger partial charge in [0.15, 0.2) is 0 Å². The summed E-state index contributed by atoms with van der Waals surface area (Å²) in [6, 6.07) is 10.5. The fourth-order valence-corrected chi connectivity index (χ4v) is 6.44. The summed E-state index contributed by atoms with van der Waals surface area (Å²) in [6.45, 7) is 4.93. The third-order valence-corrected chi connectivity index (χ3v) is 8.19. The van der Waals surface area contributed by atoms with E-state index >= 15 is 0 Å². The van der Waals surface area contributed by atoms with E-state index in [-0.39, 0.29) is 46.9 Å². The molecule has 4 heterocycles. The number of rotatable bonds is 5. The van der Waals surface area contributed by atoms with Gasteiger partial charge in [0, 0.05) is 35.9 Å². The summed E-state index contributed by atoms with van der Waals surface area (Å²) >= 11 is 0. The minimum absolute atomic E-state index is 0. The predicted octanol–water partition coefficient (Wildman–Crippen LogP) is 7.34. The molecule has 2 aromatic carbocycles. The van der Waals surface area contributed by atoms with E-state index in [0.29, 0.717) is 30.6 Å². The van der Waals surface area contributed by atoms with Crippen molar-refractivity contribution >= 4 is 23.3 Å². The van der Waals surface area contributed by atoms with Crippen molar-refractivity contribution in [1.29, 1.82) is 0 Å². The first-order valence-corrected chi connectivity index (χ1v) is 12.2. The molecule has 1 aromatic heterocycles. The number of piperidine rings is 3. The summed E-state index contributed by atoms with van der Waals surface area (Å²) in [5, 5.41) is 12.5. The maximum Gasteiger partial charge on any atom is 0.416 e. The molecule has 3 fully saturated rings. The molecule has 204 valence electrons. The van der Waals surface area contributed by atoms with Crippen LogP contribution in [0.4, 0.5) is 26.3 Å². The molecule has 6 rings (SSSR count). The molecule has 3 aromatic rings. The molecular formula is C28H28ClF6N2O+. The molecule has 2 bridgehead atoms. The molecule has 10 heteroatoms. The van der Waals surface area contributed by atoms with Crippen molar-refractivity contribution in [2.75, 3.05) is 13.1 Å². The summed E-state index contributed by atoms with van der Waals surface area (Å²) in [6.07, 6.45) is -5.99. The van der Waals surface area contributed by atoms with Gasteiger partial charge in [-0.1, -0.05) is 24.3 Å². The van der Waals surface area contributed by atoms with E-state index in [1.807, 2.05) is 30.3 Å². The van der Waals surface area contributed by atoms with Crippen LogP contribution >= 0.6 is 12.4 Å². The fourth-order valence-electron chi connectivity index (χ4n) is 6.44. The van der Waals surface area contributed by atoms with Gasteiger partial charge >= 0.3 is 12.4 Å². The molecule has 0 amide bonds. The van der Waals surface area contributed by atoms with Crippen LogP contribution in [0.1, 0.15) is 41.2 Å². The monoisotopic (exact) mass is 557 g/mol. The van der Waals surface area contributed by atoms with E-state index < -0.39 is 35.6 Å². The topological polar surface area (TPSA) is 33.1 Å². The number of aromatic nitrogens is 1. The second kappa shape index (κ2) is 10.2. The van der Waals surface area contributed by atoms with E-state index in [9.17, 15) is 31.4 Å². The molecule has 3 aliphatic rings. The third kappa shape index (κ3) is 5.16. The summed E-state index contributed by atoms with van der Waals surface area (Å²) in [7, 11) is 0. The highest BCUT2D eigenvalue weighted by atomic mass is 35.5. The van der Waals surface area contributed by atoms with Crippen LogP contribution in [-0.4, -0.2) is 33.7 Å². The average Bonchev–Trinajstić information content (AvgIpc) is 2.86. The lowest BCUT2D eigenvalue weighted by Gasteiger charge is -2.58. The zero-order chi connectivity index (χ0) is 26.6. The van der Waals surface area contributed by atoms with Gasteiger partial charge in [0.2, 0.25) is 0 Å². The van der Waals surface area contributed by atoms with E-state index in [4.69, 9.17) is 0 Å². The highest BCUT2D eigenvalue weighted by Crippen LogP contribution is 2.48. The number of aliphatic hydroxyl groups excluding tert-OH is 1. The number of pyridine rings is 1. The number of aliphatic hydroxyl groups is 1. The van der Waals surface area contributed by atoms with Gasteiger partial charge in [0.05, 0.1) is 29.7 Å². The van der Waals surface area contributed by atoms with Gasteiger partial charge in [0.25, 0.3) is 0 Å². The van der Waals surface area contributed by atoms with Gasteiger partial charge in [-0.2, -0.15) is 26.3 Å². The Labute approximate surface area is 222 Å². The van der Waals surface area contributed by atoms with Crippen LogP contribution in [0.25, 0.3) is 10.9 Å². The van der Waals surface area contributed by atoms with Crippen molar-refractivity contribution < 1.29 is 35.9 Å². The molecular weight excluding hydrogens is 530 g/mol. The lowest BCUT2D eigenvalue weighted by molar-refractivity contribution is -0.984. The molecule has 0 saturated carbocycles. The van der Waals surface area contributed by atoms with Crippen LogP contribution in [0.2, 0.25) is 0 Å². The maximum atomic E-state index is 13.6. The normalized spacial score (nSPS) is 26.1. The SMILES string of the molecule is C=C[C@H]1C[N+]2(Cc3cc(C(F)(F)F)cc(C(F)(F)F)c3)CCC1C[C@H]2[C@H](O)c1ccnc2ccccc12.Cl. The van der Waals surface area contributed by atoms with Crippen LogP contribution < -0.4 is 0 Å². The summed E-state index contributed by atoms with van der Waals surface area (Å²) in [4.78, 5) is 4.35. The van der Waals surface area contributed by atoms with Crippen molar-refractivity contribution in [2.24, 2.45) is 11.8 Å². The molecule has 3 saturated heterocycles. The highest BCUT2D eigenvalue weighted by Gasteiger charge is 2.54. The summed E-state index contributed by atoms with van der Waals surface area (Å²) in [5.41, 5.74) is -1.31. The van der Waals surface area contributed by atoms with Gasteiger partial charge in [-0.05, 0) is 41.8 Å². The molecule has 2 unspecified atom stereocenters. The molecule has 0 spiro atoms. The van der Waals surface area contributed by atoms with E-state index in [1.54, 1.807) is 12.3 Å². The van der Waals surface area contributed by atoms with Crippen molar-refractivity contribution in [1.82, 2.24) is 4.98 Å². The highest BCUT2D eigenvalue weighted by molar-refractivity contribution is 5.85. The molecule has 1 N–H and O–H groups in total. The number of benzene rings is 2. The number of hydrogen-bond acceptors (Lipinski definition) is 2. The predicted molar refractivity (Wildman–Crippen MR) is 134 cm³/mol. The number of para-hydroxylation sites is 1. The molecule has 0 aliphatic carbocycles. The Kier molecular flexibility index (Phi) is 7.60. The van der Waals surface area contributed by atoms with Crippen molar-refractivity contribution in [3.8, 4) is 0 Å². The van der Waals surface area contributed by atoms with Crippen molar-refractivity contribution in [3.63, 3.8) is 0 Å². The minimum Gasteiger partial charge on any atom is -0.382 e. The largest absolute Gasteiger partial charge is 0.416 e. The standard InChI is InChI=1S/C28H27F6N2O.ClH/c1-2-18-16-36(15-17-11-20(27(29,30)31)14-21(12-17)28(32,33)34)10-8-19(18)13-25(36)26(37)23-7-9-35-24-6-4-3-5-22(23)24;/h2-7,9,11-12,14,18-19,25-26,37H,1,8,10,13,15-16H2;1H/q+1;/t18-,19?,25-,26+,36?;/m0./s1. The lowest BCUT2D eigenvalue weighted by Crippen LogP contribution is -2.67. The number of halogens is 7. The zero-order valence-electron chi connectivity index (χ0n) is 20.3. The Hall–Kier alpha value is -2.62. The van der Waals surface area contributed by atoms with Gasteiger partial charge in [-0.3, -0.25) is 4.98 Å². The van der Waals surface area contributed by atoms with Gasteiger partial charge < -0.3 is 9.59 Å². The van der Waals surface area contributed by atoms with Crippen molar-refractivity contribution in [3.05, 3.63) is 89.6 Å². The Morgan fingerprint density at radius 3 is 2.32 bits per heavy atom. The third-order valence-electron chi connectivity index (χ3n) is 8.19. The van der Waals surface area contributed by atoms with Gasteiger partial charge in [0.1, 0.15) is 18.7 Å². The Morgan fingerprint density at radius 1 is 1.03 bits per heavy atom. The smallest absolute Gasteiger partial charge is 0.382 e. The first-order valence-electron chi connectivity index (χ1n) is 12.2. The van der Waals surface area contributed by atoms with Crippen LogP contribution in [0.5, 0.6) is 0 Å². The summed E-state index contributed by atoms with van der Waals surface area (Å²) < 4.78 is 81.6. The Morgan fingerprint density at radius 2 is 1.68 bits per heavy atom. The fraction of sp³-hybridized carbons (Fsp3) is 0.393. The lowest BCUT2D eigenvalue weighted by atomic mass is 9.71. The molecule has 38 heavy (non-hydrogen) atoms. The second-order valence-corrected chi connectivity index (χ2v) is 10.3. The van der Waals surface area contributed by atoms with Gasteiger partial charge in [-0.15, -0.1) is 19.0 Å². The summed E-state index contributed by atoms with van der Waals surface area (Å²) in [5.74, 6) is 0.316. The zero-order valence-corrected chi connectivity index (χ0v) is 21.2. The number of hydrogen-bond donors (Lipinski definition) is 1. The van der Waals surface area contributed by atoms with Crippen LogP contribution in [0, 0.1) is 11.8 Å². The number of nitrogens with zero attached hydrogens (tertiary/aromatic N) is 2. The van der Waals surface area contributed by atoms with E-state index in [1.165, 1.54) is 0 Å². The quantitative estimate of drug-likeness (QED) is 0.202. The molecule has 0 radical (unpaired) electrons. The van der Waals surface area contributed by atoms with Crippen LogP contribution in [0.15, 0.2) is 67.4 Å². The van der Waals surface area contributed by atoms with Crippen LogP contribution in [-0.2, 0) is 18.9 Å². The van der Waals surface area contributed by atoms with Crippen molar-refractivity contribution in [2.45, 2.75) is 43.9 Å².